The third-order valence-corrected chi connectivity index (χ3v) is 3.84. The van der Waals surface area contributed by atoms with Crippen LogP contribution in [0.4, 0.5) is 10.1 Å². The van der Waals surface area contributed by atoms with Crippen molar-refractivity contribution in [2.75, 3.05) is 20.0 Å². The molecular weight excluding hydrogens is 321 g/mol. The van der Waals surface area contributed by atoms with E-state index in [1.165, 1.54) is 18.5 Å². The molecule has 25 heavy (non-hydrogen) atoms. The van der Waals surface area contributed by atoms with Crippen LogP contribution in [0, 0.1) is 5.82 Å². The van der Waals surface area contributed by atoms with Crippen molar-refractivity contribution in [2.24, 2.45) is 0 Å². The Morgan fingerprint density at radius 3 is 2.44 bits per heavy atom. The molecule has 0 atom stereocenters. The summed E-state index contributed by atoms with van der Waals surface area (Å²) in [6.07, 6.45) is 2.03. The normalized spacial score (nSPS) is 10.5. The summed E-state index contributed by atoms with van der Waals surface area (Å²) in [5.41, 5.74) is 9.49. The molecule has 0 aliphatic rings. The summed E-state index contributed by atoms with van der Waals surface area (Å²) >= 11 is 0. The number of nitrogens with two attached hydrogens (primary N) is 1. The molecule has 0 amide bonds. The Balaban J connectivity index is 1.92. The van der Waals surface area contributed by atoms with E-state index in [0.717, 1.165) is 11.3 Å². The SMILES string of the molecule is COc1ccc(Cc2cc(-c3cc(F)ccc3OC)ncn2)cc1N. The maximum absolute atomic E-state index is 13.6. The fraction of sp³-hybridized carbons (Fsp3) is 0.158. The van der Waals surface area contributed by atoms with E-state index in [1.54, 1.807) is 20.3 Å². The van der Waals surface area contributed by atoms with Gasteiger partial charge in [-0.3, -0.25) is 0 Å². The molecule has 3 rings (SSSR count). The first-order valence-corrected chi connectivity index (χ1v) is 7.68. The highest BCUT2D eigenvalue weighted by Crippen LogP contribution is 2.30. The average molecular weight is 339 g/mol. The standard InChI is InChI=1S/C19H18FN3O2/c1-24-18-6-4-13(20)9-15(18)17-10-14(22-11-23-17)7-12-3-5-19(25-2)16(21)8-12/h3-6,8-11H,7,21H2,1-2H3. The predicted molar refractivity (Wildman–Crippen MR) is 94.2 cm³/mol. The van der Waals surface area contributed by atoms with Gasteiger partial charge in [-0.15, -0.1) is 0 Å². The van der Waals surface area contributed by atoms with Gasteiger partial charge < -0.3 is 15.2 Å². The number of hydrogen-bond donors (Lipinski definition) is 1. The summed E-state index contributed by atoms with van der Waals surface area (Å²) in [4.78, 5) is 8.54. The summed E-state index contributed by atoms with van der Waals surface area (Å²) in [5.74, 6) is 0.843. The second-order valence-electron chi connectivity index (χ2n) is 5.49. The molecule has 128 valence electrons. The van der Waals surface area contributed by atoms with Crippen molar-refractivity contribution < 1.29 is 13.9 Å². The second-order valence-corrected chi connectivity index (χ2v) is 5.49. The van der Waals surface area contributed by atoms with Crippen LogP contribution in [0.25, 0.3) is 11.3 Å². The van der Waals surface area contributed by atoms with E-state index in [-0.39, 0.29) is 5.82 Å². The van der Waals surface area contributed by atoms with Crippen LogP contribution in [0.2, 0.25) is 0 Å². The Kier molecular flexibility index (Phi) is 4.79. The van der Waals surface area contributed by atoms with Gasteiger partial charge in [-0.25, -0.2) is 14.4 Å². The van der Waals surface area contributed by atoms with E-state index in [9.17, 15) is 4.39 Å². The van der Waals surface area contributed by atoms with Crippen LogP contribution in [-0.4, -0.2) is 24.2 Å². The zero-order valence-electron chi connectivity index (χ0n) is 14.0. The third-order valence-electron chi connectivity index (χ3n) is 3.84. The number of nitrogens with zero attached hydrogens (tertiary/aromatic N) is 2. The molecule has 2 N–H and O–H groups in total. The van der Waals surface area contributed by atoms with Crippen molar-refractivity contribution in [2.45, 2.75) is 6.42 Å². The summed E-state index contributed by atoms with van der Waals surface area (Å²) in [7, 11) is 3.12. The molecule has 1 aromatic heterocycles. The molecule has 0 spiro atoms. The Morgan fingerprint density at radius 2 is 1.72 bits per heavy atom. The van der Waals surface area contributed by atoms with Crippen LogP contribution in [0.15, 0.2) is 48.8 Å². The molecule has 0 bridgehead atoms. The first-order valence-electron chi connectivity index (χ1n) is 7.68. The van der Waals surface area contributed by atoms with Gasteiger partial charge >= 0.3 is 0 Å². The molecule has 0 aliphatic carbocycles. The Hall–Kier alpha value is -3.15. The summed E-state index contributed by atoms with van der Waals surface area (Å²) in [6.45, 7) is 0. The topological polar surface area (TPSA) is 70.3 Å². The molecule has 0 fully saturated rings. The highest BCUT2D eigenvalue weighted by Gasteiger charge is 2.11. The van der Waals surface area contributed by atoms with Crippen LogP contribution in [-0.2, 0) is 6.42 Å². The van der Waals surface area contributed by atoms with E-state index in [1.807, 2.05) is 24.3 Å². The van der Waals surface area contributed by atoms with Gasteiger partial charge in [-0.2, -0.15) is 0 Å². The fourth-order valence-corrected chi connectivity index (χ4v) is 2.62. The Bertz CT molecular complexity index is 900. The fourth-order valence-electron chi connectivity index (χ4n) is 2.62. The lowest BCUT2D eigenvalue weighted by Gasteiger charge is -2.10. The molecule has 0 saturated carbocycles. The minimum Gasteiger partial charge on any atom is -0.496 e. The van der Waals surface area contributed by atoms with Gasteiger partial charge in [0, 0.05) is 17.7 Å². The van der Waals surface area contributed by atoms with E-state index >= 15 is 0 Å². The van der Waals surface area contributed by atoms with Gasteiger partial charge in [0.25, 0.3) is 0 Å². The summed E-state index contributed by atoms with van der Waals surface area (Å²) < 4.78 is 24.1. The Morgan fingerprint density at radius 1 is 0.960 bits per heavy atom. The van der Waals surface area contributed by atoms with E-state index in [0.29, 0.717) is 34.9 Å². The number of methoxy groups -OCH3 is 2. The van der Waals surface area contributed by atoms with Gasteiger partial charge in [0.15, 0.2) is 0 Å². The largest absolute Gasteiger partial charge is 0.496 e. The lowest BCUT2D eigenvalue weighted by atomic mass is 10.1. The average Bonchev–Trinajstić information content (AvgIpc) is 2.62. The third kappa shape index (κ3) is 3.68. The molecule has 6 heteroatoms. The number of anilines is 1. The maximum Gasteiger partial charge on any atom is 0.141 e. The van der Waals surface area contributed by atoms with E-state index in [4.69, 9.17) is 15.2 Å². The molecular formula is C19H18FN3O2. The summed E-state index contributed by atoms with van der Waals surface area (Å²) in [6, 6.07) is 11.8. The number of benzene rings is 2. The van der Waals surface area contributed by atoms with Crippen molar-refractivity contribution in [3.8, 4) is 22.8 Å². The number of ether oxygens (including phenoxy) is 2. The van der Waals surface area contributed by atoms with E-state index < -0.39 is 0 Å². The molecule has 3 aromatic rings. The first-order chi connectivity index (χ1) is 12.1. The van der Waals surface area contributed by atoms with Crippen LogP contribution >= 0.6 is 0 Å². The molecule has 0 unspecified atom stereocenters. The molecule has 2 aromatic carbocycles. The molecule has 0 saturated heterocycles. The van der Waals surface area contributed by atoms with Crippen molar-refractivity contribution in [1.82, 2.24) is 9.97 Å². The number of aromatic nitrogens is 2. The van der Waals surface area contributed by atoms with Crippen LogP contribution in [0.3, 0.4) is 0 Å². The molecule has 0 radical (unpaired) electrons. The zero-order chi connectivity index (χ0) is 17.8. The summed E-state index contributed by atoms with van der Waals surface area (Å²) in [5, 5.41) is 0. The molecule has 0 aliphatic heterocycles. The quantitative estimate of drug-likeness (QED) is 0.721. The van der Waals surface area contributed by atoms with E-state index in [2.05, 4.69) is 9.97 Å². The highest BCUT2D eigenvalue weighted by atomic mass is 19.1. The Labute approximate surface area is 145 Å². The number of rotatable bonds is 5. The minimum atomic E-state index is -0.348. The van der Waals surface area contributed by atoms with Crippen molar-refractivity contribution in [3.05, 3.63) is 65.9 Å². The van der Waals surface area contributed by atoms with Crippen LogP contribution in [0.5, 0.6) is 11.5 Å². The smallest absolute Gasteiger partial charge is 0.141 e. The lowest BCUT2D eigenvalue weighted by molar-refractivity contribution is 0.415. The van der Waals surface area contributed by atoms with Gasteiger partial charge in [-0.05, 0) is 42.0 Å². The monoisotopic (exact) mass is 339 g/mol. The van der Waals surface area contributed by atoms with Crippen LogP contribution < -0.4 is 15.2 Å². The minimum absolute atomic E-state index is 0.348. The first kappa shape index (κ1) is 16.7. The molecule has 5 nitrogen and oxygen atoms in total. The molecule has 1 heterocycles. The predicted octanol–water partition coefficient (Wildman–Crippen LogP) is 3.47. The van der Waals surface area contributed by atoms with Crippen molar-refractivity contribution in [3.63, 3.8) is 0 Å². The number of hydrogen-bond acceptors (Lipinski definition) is 5. The number of halogens is 1. The van der Waals surface area contributed by atoms with Crippen LogP contribution in [0.1, 0.15) is 11.3 Å². The van der Waals surface area contributed by atoms with Gasteiger partial charge in [0.1, 0.15) is 23.6 Å². The maximum atomic E-state index is 13.6. The van der Waals surface area contributed by atoms with Gasteiger partial charge in [0.05, 0.1) is 25.6 Å². The van der Waals surface area contributed by atoms with Crippen molar-refractivity contribution >= 4 is 5.69 Å². The second kappa shape index (κ2) is 7.17. The van der Waals surface area contributed by atoms with Gasteiger partial charge in [-0.1, -0.05) is 6.07 Å². The van der Waals surface area contributed by atoms with Crippen molar-refractivity contribution in [1.29, 1.82) is 0 Å². The zero-order valence-corrected chi connectivity index (χ0v) is 14.0. The highest BCUT2D eigenvalue weighted by molar-refractivity contribution is 5.67. The van der Waals surface area contributed by atoms with Gasteiger partial charge in [0.2, 0.25) is 0 Å². The number of nitrogen functional groups attached to an aromatic ring is 1. The lowest BCUT2D eigenvalue weighted by Crippen LogP contribution is -1.98.